The molecule has 0 amide bonds. The van der Waals surface area contributed by atoms with E-state index in [4.69, 9.17) is 4.74 Å². The molecule has 1 aliphatic rings. The monoisotopic (exact) mass is 245 g/mol. The first-order valence-corrected chi connectivity index (χ1v) is 6.86. The molecule has 1 heterocycles. The van der Waals surface area contributed by atoms with E-state index in [2.05, 4.69) is 10.9 Å². The molecule has 0 radical (unpaired) electrons. The minimum Gasteiger partial charge on any atom is -0.377 e. The van der Waals surface area contributed by atoms with Gasteiger partial charge in [0.25, 0.3) is 0 Å². The van der Waals surface area contributed by atoms with Crippen LogP contribution in [-0.2, 0) is 15.7 Å². The van der Waals surface area contributed by atoms with Crippen LogP contribution < -0.4 is 0 Å². The number of likely N-dealkylation sites (N-methyl/N-ethyl adjacent to an activating group) is 1. The molecular weight excluding hydrogens is 222 g/mol. The highest BCUT2D eigenvalue weighted by atomic mass is 32.2. The Kier molecular flexibility index (Phi) is 4.32. The number of ether oxygens (including phenoxy) is 1. The van der Waals surface area contributed by atoms with Crippen molar-refractivity contribution in [1.29, 1.82) is 0 Å². The Morgan fingerprint density at radius 2 is 2.06 bits per heavy atom. The predicted octanol–water partition coefficient (Wildman–Crippen LogP) is 2.12. The molecule has 1 aliphatic heterocycles. The highest BCUT2D eigenvalue weighted by molar-refractivity contribution is 7.84. The van der Waals surface area contributed by atoms with E-state index in [9.17, 15) is 4.21 Å². The van der Waals surface area contributed by atoms with Crippen molar-refractivity contribution >= 4 is 11.0 Å². The van der Waals surface area contributed by atoms with Crippen molar-refractivity contribution in [2.45, 2.75) is 44.4 Å². The van der Waals surface area contributed by atoms with Gasteiger partial charge in [-0.1, -0.05) is 13.0 Å². The van der Waals surface area contributed by atoms with Gasteiger partial charge in [-0.15, -0.1) is 6.58 Å². The third kappa shape index (κ3) is 2.55. The summed E-state index contributed by atoms with van der Waals surface area (Å²) in [5.74, 6) is 0. The molecule has 1 saturated heterocycles. The zero-order valence-electron chi connectivity index (χ0n) is 10.8. The molecule has 0 bridgehead atoms. The number of hydrogen-bond acceptors (Lipinski definition) is 2. The molecule has 4 heteroatoms. The SMILES string of the molecule is C=CCC1(N(CC)S(=O)C(C)(C)C)COC1. The second-order valence-corrected chi connectivity index (χ2v) is 7.43. The van der Waals surface area contributed by atoms with E-state index in [1.807, 2.05) is 33.8 Å². The molecule has 94 valence electrons. The molecule has 0 aromatic carbocycles. The third-order valence-corrected chi connectivity index (χ3v) is 4.90. The standard InChI is InChI=1S/C12H23NO2S/c1-6-8-12(9-15-10-12)13(7-2)16(14)11(3,4)5/h6H,1,7-10H2,2-5H3. The molecule has 3 nitrogen and oxygen atoms in total. The normalized spacial score (nSPS) is 21.6. The van der Waals surface area contributed by atoms with Crippen molar-refractivity contribution in [3.05, 3.63) is 12.7 Å². The fourth-order valence-electron chi connectivity index (χ4n) is 1.93. The average molecular weight is 245 g/mol. The van der Waals surface area contributed by atoms with Gasteiger partial charge in [-0.2, -0.15) is 0 Å². The molecule has 1 rings (SSSR count). The Balaban J connectivity index is 2.88. The first-order valence-electron chi connectivity index (χ1n) is 5.75. The van der Waals surface area contributed by atoms with Crippen LogP contribution in [-0.4, -0.2) is 38.6 Å². The van der Waals surface area contributed by atoms with Crippen LogP contribution in [0.4, 0.5) is 0 Å². The van der Waals surface area contributed by atoms with E-state index in [0.717, 1.165) is 13.0 Å². The van der Waals surface area contributed by atoms with Crippen LogP contribution in [0.15, 0.2) is 12.7 Å². The fourth-order valence-corrected chi connectivity index (χ4v) is 3.36. The van der Waals surface area contributed by atoms with Gasteiger partial charge in [0, 0.05) is 6.54 Å². The maximum absolute atomic E-state index is 12.5. The molecule has 1 unspecified atom stereocenters. The Hall–Kier alpha value is -0.190. The molecule has 1 fully saturated rings. The number of hydrogen-bond donors (Lipinski definition) is 0. The number of nitrogens with zero attached hydrogens (tertiary/aromatic N) is 1. The smallest absolute Gasteiger partial charge is 0.100 e. The summed E-state index contributed by atoms with van der Waals surface area (Å²) in [5, 5.41) is 0. The summed E-state index contributed by atoms with van der Waals surface area (Å²) in [4.78, 5) is 0. The summed E-state index contributed by atoms with van der Waals surface area (Å²) in [7, 11) is -0.989. The summed E-state index contributed by atoms with van der Waals surface area (Å²) >= 11 is 0. The number of rotatable bonds is 5. The Morgan fingerprint density at radius 1 is 1.50 bits per heavy atom. The third-order valence-electron chi connectivity index (χ3n) is 2.81. The Bertz CT molecular complexity index is 279. The quantitative estimate of drug-likeness (QED) is 0.694. The van der Waals surface area contributed by atoms with E-state index < -0.39 is 11.0 Å². The van der Waals surface area contributed by atoms with E-state index >= 15 is 0 Å². The van der Waals surface area contributed by atoms with E-state index in [-0.39, 0.29) is 10.3 Å². The van der Waals surface area contributed by atoms with Gasteiger partial charge in [0.1, 0.15) is 11.0 Å². The van der Waals surface area contributed by atoms with Gasteiger partial charge in [0.15, 0.2) is 0 Å². The van der Waals surface area contributed by atoms with E-state index in [0.29, 0.717) is 13.2 Å². The van der Waals surface area contributed by atoms with Gasteiger partial charge in [0.2, 0.25) is 0 Å². The van der Waals surface area contributed by atoms with Gasteiger partial charge in [-0.05, 0) is 27.2 Å². The predicted molar refractivity (Wildman–Crippen MR) is 68.6 cm³/mol. The first kappa shape index (κ1) is 13.9. The largest absolute Gasteiger partial charge is 0.377 e. The highest BCUT2D eigenvalue weighted by Gasteiger charge is 2.46. The molecule has 0 aromatic heterocycles. The molecule has 0 saturated carbocycles. The van der Waals surface area contributed by atoms with Gasteiger partial charge in [0.05, 0.1) is 23.5 Å². The second-order valence-electron chi connectivity index (χ2n) is 5.27. The summed E-state index contributed by atoms with van der Waals surface area (Å²) in [6.07, 6.45) is 2.73. The Labute approximate surface area is 101 Å². The second kappa shape index (κ2) is 4.98. The highest BCUT2D eigenvalue weighted by Crippen LogP contribution is 2.33. The average Bonchev–Trinajstić information content (AvgIpc) is 2.13. The minimum atomic E-state index is -0.989. The maximum Gasteiger partial charge on any atom is 0.100 e. The zero-order chi connectivity index (χ0) is 12.4. The lowest BCUT2D eigenvalue weighted by Gasteiger charge is -2.49. The summed E-state index contributed by atoms with van der Waals surface area (Å²) in [5.41, 5.74) is -0.0886. The molecule has 0 aromatic rings. The van der Waals surface area contributed by atoms with Gasteiger partial charge >= 0.3 is 0 Å². The molecule has 16 heavy (non-hydrogen) atoms. The van der Waals surface area contributed by atoms with E-state index in [1.165, 1.54) is 0 Å². The summed E-state index contributed by atoms with van der Waals surface area (Å²) in [6.45, 7) is 14.0. The van der Waals surface area contributed by atoms with Crippen molar-refractivity contribution in [2.75, 3.05) is 19.8 Å². The van der Waals surface area contributed by atoms with Crippen LogP contribution in [0.3, 0.4) is 0 Å². The van der Waals surface area contributed by atoms with Crippen molar-refractivity contribution in [3.8, 4) is 0 Å². The van der Waals surface area contributed by atoms with Crippen LogP contribution >= 0.6 is 0 Å². The van der Waals surface area contributed by atoms with Crippen molar-refractivity contribution < 1.29 is 8.95 Å². The molecule has 0 aliphatic carbocycles. The van der Waals surface area contributed by atoms with Gasteiger partial charge in [-0.3, -0.25) is 0 Å². The summed E-state index contributed by atoms with van der Waals surface area (Å²) in [6, 6.07) is 0. The summed E-state index contributed by atoms with van der Waals surface area (Å²) < 4.78 is 19.6. The lowest BCUT2D eigenvalue weighted by Crippen LogP contribution is -2.64. The molecule has 0 spiro atoms. The van der Waals surface area contributed by atoms with Crippen molar-refractivity contribution in [2.24, 2.45) is 0 Å². The Morgan fingerprint density at radius 3 is 2.31 bits per heavy atom. The molecular formula is C12H23NO2S. The zero-order valence-corrected chi connectivity index (χ0v) is 11.6. The first-order chi connectivity index (χ1) is 7.37. The van der Waals surface area contributed by atoms with Gasteiger partial charge in [-0.25, -0.2) is 8.51 Å². The lowest BCUT2D eigenvalue weighted by atomic mass is 9.93. The van der Waals surface area contributed by atoms with E-state index in [1.54, 1.807) is 0 Å². The maximum atomic E-state index is 12.5. The minimum absolute atomic E-state index is 0.0886. The van der Waals surface area contributed by atoms with Crippen LogP contribution in [0, 0.1) is 0 Å². The molecule has 0 N–H and O–H groups in total. The van der Waals surface area contributed by atoms with Crippen LogP contribution in [0.2, 0.25) is 0 Å². The van der Waals surface area contributed by atoms with Crippen molar-refractivity contribution in [1.82, 2.24) is 4.31 Å². The lowest BCUT2D eigenvalue weighted by molar-refractivity contribution is -0.107. The molecule has 1 atom stereocenters. The van der Waals surface area contributed by atoms with Gasteiger partial charge < -0.3 is 4.74 Å². The van der Waals surface area contributed by atoms with Crippen LogP contribution in [0.25, 0.3) is 0 Å². The fraction of sp³-hybridized carbons (Fsp3) is 0.833. The van der Waals surface area contributed by atoms with Crippen LogP contribution in [0.5, 0.6) is 0 Å². The topological polar surface area (TPSA) is 29.5 Å². The van der Waals surface area contributed by atoms with Crippen LogP contribution in [0.1, 0.15) is 34.1 Å². The van der Waals surface area contributed by atoms with Crippen molar-refractivity contribution in [3.63, 3.8) is 0 Å².